The summed E-state index contributed by atoms with van der Waals surface area (Å²) in [5, 5.41) is 0. The Labute approximate surface area is 136 Å². The predicted octanol–water partition coefficient (Wildman–Crippen LogP) is 3.50. The Morgan fingerprint density at radius 1 is 1.00 bits per heavy atom. The van der Waals surface area contributed by atoms with Gasteiger partial charge in [0, 0.05) is 12.3 Å². The third-order valence-electron chi connectivity index (χ3n) is 4.38. The van der Waals surface area contributed by atoms with Gasteiger partial charge in [-0.25, -0.2) is 0 Å². The fourth-order valence-electron chi connectivity index (χ4n) is 3.12. The highest BCUT2D eigenvalue weighted by Gasteiger charge is 2.37. The minimum Gasteiger partial charge on any atom is -0.278 e. The molecular formula is C20H21NO2. The molecule has 1 saturated heterocycles. The van der Waals surface area contributed by atoms with E-state index < -0.39 is 0 Å². The third kappa shape index (κ3) is 3.67. The third-order valence-corrected chi connectivity index (χ3v) is 4.38. The number of aryl methyl sites for hydroxylation is 2. The summed E-state index contributed by atoms with van der Waals surface area (Å²) in [7, 11) is 0. The SMILES string of the molecule is Cc1cccc(CC[C@@H]2CC(=O)N(Cc3ccccc3)C2=O)c1. The lowest BCUT2D eigenvalue weighted by atomic mass is 9.97. The van der Waals surface area contributed by atoms with E-state index in [4.69, 9.17) is 0 Å². The first kappa shape index (κ1) is 15.5. The number of amides is 2. The number of hydrogen-bond donors (Lipinski definition) is 0. The van der Waals surface area contributed by atoms with Gasteiger partial charge in [-0.2, -0.15) is 0 Å². The zero-order valence-electron chi connectivity index (χ0n) is 13.4. The molecule has 1 aliphatic rings. The Morgan fingerprint density at radius 3 is 2.48 bits per heavy atom. The number of rotatable bonds is 5. The van der Waals surface area contributed by atoms with Gasteiger partial charge in [0.25, 0.3) is 0 Å². The van der Waals surface area contributed by atoms with E-state index in [2.05, 4.69) is 25.1 Å². The number of imide groups is 1. The second-order valence-electron chi connectivity index (χ2n) is 6.23. The lowest BCUT2D eigenvalue weighted by Gasteiger charge is -2.15. The summed E-state index contributed by atoms with van der Waals surface area (Å²) in [6, 6.07) is 18.0. The van der Waals surface area contributed by atoms with Crippen molar-refractivity contribution in [1.82, 2.24) is 4.90 Å². The van der Waals surface area contributed by atoms with Crippen LogP contribution in [0.3, 0.4) is 0 Å². The van der Waals surface area contributed by atoms with Crippen molar-refractivity contribution in [3.05, 3.63) is 71.3 Å². The number of carbonyl (C=O) groups excluding carboxylic acids is 2. The van der Waals surface area contributed by atoms with Crippen molar-refractivity contribution in [3.63, 3.8) is 0 Å². The van der Waals surface area contributed by atoms with Crippen LogP contribution in [0.15, 0.2) is 54.6 Å². The number of hydrogen-bond acceptors (Lipinski definition) is 2. The van der Waals surface area contributed by atoms with E-state index in [1.807, 2.05) is 36.4 Å². The van der Waals surface area contributed by atoms with Crippen LogP contribution in [-0.2, 0) is 22.6 Å². The maximum Gasteiger partial charge on any atom is 0.233 e. The largest absolute Gasteiger partial charge is 0.278 e. The van der Waals surface area contributed by atoms with Crippen LogP contribution in [0.2, 0.25) is 0 Å². The van der Waals surface area contributed by atoms with Crippen LogP contribution in [0.5, 0.6) is 0 Å². The molecule has 1 atom stereocenters. The molecule has 0 spiro atoms. The van der Waals surface area contributed by atoms with Crippen molar-refractivity contribution in [2.45, 2.75) is 32.7 Å². The Kier molecular flexibility index (Phi) is 4.56. The zero-order valence-corrected chi connectivity index (χ0v) is 13.4. The van der Waals surface area contributed by atoms with Gasteiger partial charge in [-0.05, 0) is 30.9 Å². The van der Waals surface area contributed by atoms with Gasteiger partial charge in [-0.3, -0.25) is 14.5 Å². The first-order valence-corrected chi connectivity index (χ1v) is 8.07. The molecule has 2 aromatic rings. The number of carbonyl (C=O) groups is 2. The number of benzene rings is 2. The molecule has 23 heavy (non-hydrogen) atoms. The molecule has 3 rings (SSSR count). The molecule has 0 radical (unpaired) electrons. The summed E-state index contributed by atoms with van der Waals surface area (Å²) in [6.45, 7) is 2.45. The van der Waals surface area contributed by atoms with Gasteiger partial charge in [0.2, 0.25) is 11.8 Å². The Balaban J connectivity index is 1.62. The summed E-state index contributed by atoms with van der Waals surface area (Å²) in [4.78, 5) is 26.1. The highest BCUT2D eigenvalue weighted by Crippen LogP contribution is 2.26. The quantitative estimate of drug-likeness (QED) is 0.793. The minimum atomic E-state index is -0.174. The van der Waals surface area contributed by atoms with Crippen LogP contribution >= 0.6 is 0 Å². The molecule has 0 saturated carbocycles. The molecule has 1 heterocycles. The molecule has 3 nitrogen and oxygen atoms in total. The van der Waals surface area contributed by atoms with Crippen LogP contribution in [0.1, 0.15) is 29.5 Å². The van der Waals surface area contributed by atoms with Crippen molar-refractivity contribution < 1.29 is 9.59 Å². The number of nitrogens with zero attached hydrogens (tertiary/aromatic N) is 1. The van der Waals surface area contributed by atoms with Crippen molar-refractivity contribution >= 4 is 11.8 Å². The molecule has 0 unspecified atom stereocenters. The topological polar surface area (TPSA) is 37.4 Å². The standard InChI is InChI=1S/C20H21NO2/c1-15-6-5-9-16(12-15)10-11-18-13-19(22)21(20(18)23)14-17-7-3-2-4-8-17/h2-9,12,18H,10-11,13-14H2,1H3/t18-/m1/s1. The second-order valence-corrected chi connectivity index (χ2v) is 6.23. The molecule has 1 fully saturated rings. The van der Waals surface area contributed by atoms with Crippen LogP contribution in [-0.4, -0.2) is 16.7 Å². The summed E-state index contributed by atoms with van der Waals surface area (Å²) in [5.41, 5.74) is 3.45. The van der Waals surface area contributed by atoms with Gasteiger partial charge in [0.15, 0.2) is 0 Å². The van der Waals surface area contributed by atoms with Gasteiger partial charge in [-0.1, -0.05) is 60.2 Å². The second kappa shape index (κ2) is 6.78. The van der Waals surface area contributed by atoms with Crippen molar-refractivity contribution in [2.24, 2.45) is 5.92 Å². The van der Waals surface area contributed by atoms with Gasteiger partial charge in [0.05, 0.1) is 6.54 Å². The van der Waals surface area contributed by atoms with E-state index in [1.165, 1.54) is 16.0 Å². The molecule has 0 aliphatic carbocycles. The van der Waals surface area contributed by atoms with E-state index in [1.54, 1.807) is 0 Å². The Bertz CT molecular complexity index is 709. The van der Waals surface area contributed by atoms with E-state index in [9.17, 15) is 9.59 Å². The van der Waals surface area contributed by atoms with Gasteiger partial charge in [0.1, 0.15) is 0 Å². The van der Waals surface area contributed by atoms with E-state index in [-0.39, 0.29) is 17.7 Å². The van der Waals surface area contributed by atoms with E-state index >= 15 is 0 Å². The van der Waals surface area contributed by atoms with Crippen molar-refractivity contribution in [3.8, 4) is 0 Å². The number of likely N-dealkylation sites (tertiary alicyclic amines) is 1. The van der Waals surface area contributed by atoms with Crippen LogP contribution in [0, 0.1) is 12.8 Å². The maximum atomic E-state index is 12.5. The van der Waals surface area contributed by atoms with E-state index in [0.717, 1.165) is 18.4 Å². The summed E-state index contributed by atoms with van der Waals surface area (Å²) in [5.74, 6) is -0.244. The van der Waals surface area contributed by atoms with Crippen LogP contribution in [0.25, 0.3) is 0 Å². The molecule has 118 valence electrons. The zero-order chi connectivity index (χ0) is 16.2. The molecule has 3 heteroatoms. The molecule has 2 aromatic carbocycles. The summed E-state index contributed by atoms with van der Waals surface area (Å²) >= 11 is 0. The lowest BCUT2D eigenvalue weighted by Crippen LogP contribution is -2.30. The van der Waals surface area contributed by atoms with Crippen molar-refractivity contribution in [2.75, 3.05) is 0 Å². The molecular weight excluding hydrogens is 286 g/mol. The van der Waals surface area contributed by atoms with Crippen molar-refractivity contribution in [1.29, 1.82) is 0 Å². The summed E-state index contributed by atoms with van der Waals surface area (Å²) < 4.78 is 0. The average Bonchev–Trinajstić information content (AvgIpc) is 2.82. The smallest absolute Gasteiger partial charge is 0.233 e. The summed E-state index contributed by atoms with van der Waals surface area (Å²) in [6.07, 6.45) is 1.92. The highest BCUT2D eigenvalue weighted by molar-refractivity contribution is 6.03. The molecule has 1 aliphatic heterocycles. The van der Waals surface area contributed by atoms with Gasteiger partial charge >= 0.3 is 0 Å². The first-order valence-electron chi connectivity index (χ1n) is 8.07. The predicted molar refractivity (Wildman–Crippen MR) is 89.6 cm³/mol. The first-order chi connectivity index (χ1) is 11.1. The monoisotopic (exact) mass is 307 g/mol. The molecule has 0 N–H and O–H groups in total. The highest BCUT2D eigenvalue weighted by atomic mass is 16.2. The lowest BCUT2D eigenvalue weighted by molar-refractivity contribution is -0.140. The minimum absolute atomic E-state index is 0.0218. The van der Waals surface area contributed by atoms with E-state index in [0.29, 0.717) is 13.0 Å². The fourth-order valence-corrected chi connectivity index (χ4v) is 3.12. The Hall–Kier alpha value is -2.42. The molecule has 0 aromatic heterocycles. The molecule has 0 bridgehead atoms. The van der Waals surface area contributed by atoms with Gasteiger partial charge < -0.3 is 0 Å². The normalized spacial score (nSPS) is 17.8. The average molecular weight is 307 g/mol. The fraction of sp³-hybridized carbons (Fsp3) is 0.300. The maximum absolute atomic E-state index is 12.5. The van der Waals surface area contributed by atoms with Gasteiger partial charge in [-0.15, -0.1) is 0 Å². The van der Waals surface area contributed by atoms with Crippen LogP contribution in [0.4, 0.5) is 0 Å². The Morgan fingerprint density at radius 2 is 1.74 bits per heavy atom. The molecule has 2 amide bonds. The van der Waals surface area contributed by atoms with Crippen LogP contribution < -0.4 is 0 Å².